The Morgan fingerprint density at radius 3 is 1.09 bits per heavy atom. The minimum absolute atomic E-state index is 0.882. The van der Waals surface area contributed by atoms with Gasteiger partial charge in [0.2, 0.25) is 0 Å². The van der Waals surface area contributed by atoms with Crippen LogP contribution in [0.5, 0.6) is 0 Å². The van der Waals surface area contributed by atoms with E-state index < -0.39 is 0 Å². The maximum atomic E-state index is 2.72. The van der Waals surface area contributed by atoms with Crippen molar-refractivity contribution in [3.8, 4) is 0 Å². The van der Waals surface area contributed by atoms with Crippen LogP contribution in [0, 0.1) is 11.8 Å². The summed E-state index contributed by atoms with van der Waals surface area (Å²) in [6.45, 7) is 13.0. The minimum Gasteiger partial charge on any atom is -0.300 e. The fourth-order valence-electron chi connectivity index (χ4n) is 6.51. The van der Waals surface area contributed by atoms with Gasteiger partial charge in [-0.2, -0.15) is 0 Å². The fraction of sp³-hybridized carbons (Fsp3) is 0.814. The highest BCUT2D eigenvalue weighted by Gasteiger charge is 2.04. The summed E-state index contributed by atoms with van der Waals surface area (Å²) in [6.07, 6.45) is 42.2. The van der Waals surface area contributed by atoms with E-state index in [9.17, 15) is 0 Å². The summed E-state index contributed by atoms with van der Waals surface area (Å²) in [5.41, 5.74) is 1.32. The molecule has 0 N–H and O–H groups in total. The Labute approximate surface area is 278 Å². The van der Waals surface area contributed by atoms with Gasteiger partial charge in [0, 0.05) is 6.54 Å². The lowest BCUT2D eigenvalue weighted by molar-refractivity contribution is 0.286. The fourth-order valence-corrected chi connectivity index (χ4v) is 6.51. The van der Waals surface area contributed by atoms with E-state index in [1.165, 1.54) is 186 Å². The number of nitrogens with zero attached hydrogens (tertiary/aromatic N) is 1. The predicted octanol–water partition coefficient (Wildman–Crippen LogP) is 14.5. The van der Waals surface area contributed by atoms with Gasteiger partial charge in [0.1, 0.15) is 0 Å². The van der Waals surface area contributed by atoms with Crippen molar-refractivity contribution >= 4 is 6.08 Å². The smallest absolute Gasteiger partial charge is 0.0166 e. The van der Waals surface area contributed by atoms with Gasteiger partial charge in [-0.3, -0.25) is 4.90 Å². The van der Waals surface area contributed by atoms with Gasteiger partial charge < -0.3 is 0 Å². The molecule has 0 saturated heterocycles. The highest BCUT2D eigenvalue weighted by Crippen LogP contribution is 2.16. The van der Waals surface area contributed by atoms with Gasteiger partial charge in [-0.15, -0.1) is 0 Å². The van der Waals surface area contributed by atoms with Crippen LogP contribution in [0.2, 0.25) is 0 Å². The van der Waals surface area contributed by atoms with Gasteiger partial charge in [0.15, 0.2) is 0 Å². The first-order valence-electron chi connectivity index (χ1n) is 20.0. The molecule has 1 rings (SSSR count). The van der Waals surface area contributed by atoms with Gasteiger partial charge in [-0.05, 0) is 43.3 Å². The molecule has 0 amide bonds. The SMILES string of the molecule is CC(C)CCCCCCCCCCCCCCN(CC=Cc1ccccc1)CCCCCCCCCCCCCCC(C)C. The molecule has 0 bridgehead atoms. The van der Waals surface area contributed by atoms with Gasteiger partial charge in [0.25, 0.3) is 0 Å². The summed E-state index contributed by atoms with van der Waals surface area (Å²) in [4.78, 5) is 2.72. The molecule has 0 aliphatic heterocycles. The lowest BCUT2D eigenvalue weighted by atomic mass is 10.0. The van der Waals surface area contributed by atoms with Crippen molar-refractivity contribution in [2.75, 3.05) is 19.6 Å². The molecule has 1 nitrogen and oxygen atoms in total. The third-order valence-electron chi connectivity index (χ3n) is 9.49. The van der Waals surface area contributed by atoms with Crippen LogP contribution in [-0.2, 0) is 0 Å². The summed E-state index contributed by atoms with van der Waals surface area (Å²) in [5, 5.41) is 0. The molecule has 44 heavy (non-hydrogen) atoms. The summed E-state index contributed by atoms with van der Waals surface area (Å²) in [5.74, 6) is 1.76. The third-order valence-corrected chi connectivity index (χ3v) is 9.49. The van der Waals surface area contributed by atoms with Crippen molar-refractivity contribution in [3.63, 3.8) is 0 Å². The number of rotatable bonds is 33. The van der Waals surface area contributed by atoms with Gasteiger partial charge >= 0.3 is 0 Å². The van der Waals surface area contributed by atoms with E-state index in [4.69, 9.17) is 0 Å². The van der Waals surface area contributed by atoms with Gasteiger partial charge in [0.05, 0.1) is 0 Å². The average molecular weight is 610 g/mol. The van der Waals surface area contributed by atoms with Crippen LogP contribution in [0.3, 0.4) is 0 Å². The van der Waals surface area contributed by atoms with Crippen LogP contribution in [0.25, 0.3) is 6.08 Å². The molecule has 1 aromatic rings. The topological polar surface area (TPSA) is 3.24 Å². The molecule has 0 heterocycles. The molecule has 0 aliphatic rings. The highest BCUT2D eigenvalue weighted by atomic mass is 15.1. The Morgan fingerprint density at radius 2 is 0.750 bits per heavy atom. The molecule has 0 spiro atoms. The Hall–Kier alpha value is -1.08. The van der Waals surface area contributed by atoms with Crippen molar-refractivity contribution in [3.05, 3.63) is 42.0 Å². The standard InChI is InChI=1S/C43H79N/c1-41(2)33-26-21-17-13-9-5-7-11-15-19-23-30-38-44(40-32-37-43-35-28-25-29-36-43)39-31-24-20-16-12-8-6-10-14-18-22-27-34-42(3)4/h25,28-29,32,35-37,41-42H,5-24,26-27,30-31,33-34,38-40H2,1-4H3. The first kappa shape index (κ1) is 40.9. The van der Waals surface area contributed by atoms with Crippen LogP contribution in [0.15, 0.2) is 36.4 Å². The van der Waals surface area contributed by atoms with Crippen molar-refractivity contribution in [2.24, 2.45) is 11.8 Å². The normalized spacial score (nSPS) is 12.1. The van der Waals surface area contributed by atoms with Crippen LogP contribution < -0.4 is 0 Å². The molecule has 1 aromatic carbocycles. The molecule has 1 heteroatoms. The number of benzene rings is 1. The van der Waals surface area contributed by atoms with E-state index in [-0.39, 0.29) is 0 Å². The van der Waals surface area contributed by atoms with Crippen LogP contribution in [0.4, 0.5) is 0 Å². The molecule has 0 aromatic heterocycles. The molecular weight excluding hydrogens is 530 g/mol. The van der Waals surface area contributed by atoms with E-state index in [1.54, 1.807) is 0 Å². The summed E-state index contributed by atoms with van der Waals surface area (Å²) in [7, 11) is 0. The average Bonchev–Trinajstić information content (AvgIpc) is 3.01. The van der Waals surface area contributed by atoms with E-state index in [1.807, 2.05) is 0 Å². The monoisotopic (exact) mass is 610 g/mol. The molecule has 256 valence electrons. The Balaban J connectivity index is 2.07. The molecule has 0 unspecified atom stereocenters. The zero-order valence-corrected chi connectivity index (χ0v) is 30.6. The van der Waals surface area contributed by atoms with Crippen LogP contribution in [-0.4, -0.2) is 24.5 Å². The largest absolute Gasteiger partial charge is 0.300 e. The second kappa shape index (κ2) is 31.9. The lowest BCUT2D eigenvalue weighted by Crippen LogP contribution is -2.26. The number of unbranched alkanes of at least 4 members (excludes halogenated alkanes) is 22. The molecule has 0 aliphatic carbocycles. The lowest BCUT2D eigenvalue weighted by Gasteiger charge is -2.20. The second-order valence-corrected chi connectivity index (χ2v) is 15.0. The molecule has 0 radical (unpaired) electrons. The Kier molecular flexibility index (Phi) is 29.7. The van der Waals surface area contributed by atoms with Crippen LogP contribution >= 0.6 is 0 Å². The quantitative estimate of drug-likeness (QED) is 0.0716. The first-order valence-corrected chi connectivity index (χ1v) is 20.0. The Morgan fingerprint density at radius 1 is 0.432 bits per heavy atom. The maximum Gasteiger partial charge on any atom is 0.0166 e. The van der Waals surface area contributed by atoms with E-state index >= 15 is 0 Å². The van der Waals surface area contributed by atoms with E-state index in [0.29, 0.717) is 0 Å². The molecule has 0 fully saturated rings. The highest BCUT2D eigenvalue weighted by molar-refractivity contribution is 5.48. The van der Waals surface area contributed by atoms with E-state index in [0.717, 1.165) is 18.4 Å². The summed E-state index contributed by atoms with van der Waals surface area (Å²) in [6, 6.07) is 10.8. The zero-order valence-electron chi connectivity index (χ0n) is 30.6. The molecular formula is C43H79N. The van der Waals surface area contributed by atoms with Gasteiger partial charge in [-0.25, -0.2) is 0 Å². The van der Waals surface area contributed by atoms with Crippen LogP contribution in [0.1, 0.15) is 200 Å². The Bertz CT molecular complexity index is 669. The first-order chi connectivity index (χ1) is 21.6. The number of hydrogen-bond donors (Lipinski definition) is 0. The molecule has 0 saturated carbocycles. The zero-order chi connectivity index (χ0) is 31.8. The summed E-state index contributed by atoms with van der Waals surface area (Å²) >= 11 is 0. The van der Waals surface area contributed by atoms with Gasteiger partial charge in [-0.1, -0.05) is 224 Å². The van der Waals surface area contributed by atoms with Crippen molar-refractivity contribution in [1.82, 2.24) is 4.90 Å². The third kappa shape index (κ3) is 29.6. The second-order valence-electron chi connectivity index (χ2n) is 15.0. The molecule has 0 atom stereocenters. The van der Waals surface area contributed by atoms with Crippen molar-refractivity contribution in [1.29, 1.82) is 0 Å². The minimum atomic E-state index is 0.882. The van der Waals surface area contributed by atoms with Crippen molar-refractivity contribution in [2.45, 2.75) is 195 Å². The van der Waals surface area contributed by atoms with Crippen molar-refractivity contribution < 1.29 is 0 Å². The predicted molar refractivity (Wildman–Crippen MR) is 202 cm³/mol. The number of hydrogen-bond acceptors (Lipinski definition) is 1. The van der Waals surface area contributed by atoms with E-state index in [2.05, 4.69) is 75.1 Å². The summed E-state index contributed by atoms with van der Waals surface area (Å²) < 4.78 is 0. The maximum absolute atomic E-state index is 2.72.